The molecule has 0 aliphatic carbocycles. The van der Waals surface area contributed by atoms with E-state index in [1.54, 1.807) is 30.3 Å². The number of anilines is 1. The second-order valence-corrected chi connectivity index (χ2v) is 10.4. The van der Waals surface area contributed by atoms with Gasteiger partial charge in [-0.25, -0.2) is 13.4 Å². The number of thiazole rings is 1. The average Bonchev–Trinajstić information content (AvgIpc) is 3.20. The van der Waals surface area contributed by atoms with E-state index >= 15 is 0 Å². The molecule has 0 unspecified atom stereocenters. The first-order chi connectivity index (χ1) is 15.5. The SMILES string of the molecule is CS(=O)(=O)c1ccc2nc(N(Cc3ccccc3)C(=O)c3cccc(C(F)(F)F)c3)sc2c1. The summed E-state index contributed by atoms with van der Waals surface area (Å²) in [5.41, 5.74) is 0.193. The van der Waals surface area contributed by atoms with Gasteiger partial charge >= 0.3 is 6.18 Å². The number of rotatable bonds is 5. The topological polar surface area (TPSA) is 67.3 Å². The van der Waals surface area contributed by atoms with Crippen molar-refractivity contribution >= 4 is 42.4 Å². The van der Waals surface area contributed by atoms with Crippen LogP contribution in [0.15, 0.2) is 77.7 Å². The van der Waals surface area contributed by atoms with E-state index in [4.69, 9.17) is 0 Å². The zero-order chi connectivity index (χ0) is 23.8. The number of fused-ring (bicyclic) bond motifs is 1. The molecule has 0 saturated heterocycles. The maximum atomic E-state index is 13.4. The van der Waals surface area contributed by atoms with Gasteiger partial charge in [0.25, 0.3) is 5.91 Å². The van der Waals surface area contributed by atoms with Crippen molar-refractivity contribution in [3.63, 3.8) is 0 Å². The van der Waals surface area contributed by atoms with Gasteiger partial charge in [0.05, 0.1) is 27.2 Å². The molecule has 4 rings (SSSR count). The van der Waals surface area contributed by atoms with Crippen LogP contribution in [0, 0.1) is 0 Å². The van der Waals surface area contributed by atoms with Crippen LogP contribution in [0.4, 0.5) is 18.3 Å². The van der Waals surface area contributed by atoms with Crippen molar-refractivity contribution in [1.29, 1.82) is 0 Å². The fourth-order valence-corrected chi connectivity index (χ4v) is 4.94. The van der Waals surface area contributed by atoms with Crippen LogP contribution in [0.25, 0.3) is 10.2 Å². The number of aromatic nitrogens is 1. The van der Waals surface area contributed by atoms with Crippen LogP contribution in [-0.2, 0) is 22.6 Å². The van der Waals surface area contributed by atoms with Gasteiger partial charge in [-0.3, -0.25) is 9.69 Å². The maximum Gasteiger partial charge on any atom is 0.416 e. The first-order valence-corrected chi connectivity index (χ1v) is 12.4. The van der Waals surface area contributed by atoms with Gasteiger partial charge in [-0.05, 0) is 42.0 Å². The molecule has 10 heteroatoms. The second kappa shape index (κ2) is 8.60. The summed E-state index contributed by atoms with van der Waals surface area (Å²) in [5, 5.41) is 0.252. The van der Waals surface area contributed by atoms with Crippen molar-refractivity contribution in [1.82, 2.24) is 4.98 Å². The van der Waals surface area contributed by atoms with Crippen molar-refractivity contribution in [2.24, 2.45) is 0 Å². The van der Waals surface area contributed by atoms with Crippen molar-refractivity contribution < 1.29 is 26.4 Å². The van der Waals surface area contributed by atoms with E-state index in [9.17, 15) is 26.4 Å². The van der Waals surface area contributed by atoms with Gasteiger partial charge in [-0.15, -0.1) is 0 Å². The molecule has 0 bridgehead atoms. The monoisotopic (exact) mass is 490 g/mol. The molecule has 1 aromatic heterocycles. The predicted octanol–water partition coefficient (Wildman–Crippen LogP) is 5.57. The first-order valence-electron chi connectivity index (χ1n) is 9.66. The highest BCUT2D eigenvalue weighted by molar-refractivity contribution is 7.90. The largest absolute Gasteiger partial charge is 0.416 e. The Bertz CT molecular complexity index is 1430. The fraction of sp³-hybridized carbons (Fsp3) is 0.130. The van der Waals surface area contributed by atoms with Crippen LogP contribution in [0.3, 0.4) is 0 Å². The molecule has 0 radical (unpaired) electrons. The van der Waals surface area contributed by atoms with E-state index in [0.29, 0.717) is 10.2 Å². The minimum absolute atomic E-state index is 0.0780. The Kier molecular flexibility index (Phi) is 5.98. The van der Waals surface area contributed by atoms with Gasteiger partial charge in [-0.1, -0.05) is 47.7 Å². The van der Waals surface area contributed by atoms with E-state index in [1.807, 2.05) is 6.07 Å². The smallest absolute Gasteiger partial charge is 0.279 e. The number of alkyl halides is 3. The molecule has 3 aromatic carbocycles. The molecule has 170 valence electrons. The second-order valence-electron chi connectivity index (χ2n) is 7.35. The van der Waals surface area contributed by atoms with Gasteiger partial charge in [0, 0.05) is 11.8 Å². The highest BCUT2D eigenvalue weighted by Gasteiger charge is 2.32. The first kappa shape index (κ1) is 22.9. The van der Waals surface area contributed by atoms with Crippen molar-refractivity contribution in [3.8, 4) is 0 Å². The zero-order valence-electron chi connectivity index (χ0n) is 17.2. The Morgan fingerprint density at radius 2 is 1.73 bits per heavy atom. The summed E-state index contributed by atoms with van der Waals surface area (Å²) >= 11 is 1.09. The number of sulfone groups is 1. The van der Waals surface area contributed by atoms with Gasteiger partial charge in [0.2, 0.25) is 0 Å². The standard InChI is InChI=1S/C23H17F3N2O3S2/c1-33(30,31)18-10-11-19-20(13-18)32-22(27-19)28(14-15-6-3-2-4-7-15)21(29)16-8-5-9-17(12-16)23(24,25)26/h2-13H,14H2,1H3. The molecule has 33 heavy (non-hydrogen) atoms. The molecule has 1 heterocycles. The van der Waals surface area contributed by atoms with Crippen LogP contribution < -0.4 is 4.90 Å². The molecule has 0 N–H and O–H groups in total. The van der Waals surface area contributed by atoms with E-state index in [0.717, 1.165) is 35.3 Å². The quantitative estimate of drug-likeness (QED) is 0.367. The zero-order valence-corrected chi connectivity index (χ0v) is 18.8. The Morgan fingerprint density at radius 3 is 2.39 bits per heavy atom. The highest BCUT2D eigenvalue weighted by atomic mass is 32.2. The lowest BCUT2D eigenvalue weighted by Crippen LogP contribution is -2.30. The van der Waals surface area contributed by atoms with Crippen LogP contribution in [-0.4, -0.2) is 25.6 Å². The third-order valence-electron chi connectivity index (χ3n) is 4.87. The molecule has 5 nitrogen and oxygen atoms in total. The van der Waals surface area contributed by atoms with E-state index < -0.39 is 27.5 Å². The lowest BCUT2D eigenvalue weighted by molar-refractivity contribution is -0.137. The summed E-state index contributed by atoms with van der Waals surface area (Å²) < 4.78 is 63.9. The molecular weight excluding hydrogens is 473 g/mol. The number of hydrogen-bond donors (Lipinski definition) is 0. The molecule has 0 atom stereocenters. The number of hydrogen-bond acceptors (Lipinski definition) is 5. The third-order valence-corrected chi connectivity index (χ3v) is 7.02. The van der Waals surface area contributed by atoms with Crippen LogP contribution in [0.5, 0.6) is 0 Å². The number of benzene rings is 3. The molecule has 0 aliphatic heterocycles. The number of carbonyl (C=O) groups excluding carboxylic acids is 1. The van der Waals surface area contributed by atoms with Crippen LogP contribution in [0.2, 0.25) is 0 Å². The highest BCUT2D eigenvalue weighted by Crippen LogP contribution is 2.34. The third kappa shape index (κ3) is 5.07. The van der Waals surface area contributed by atoms with Gasteiger partial charge in [0.1, 0.15) is 0 Å². The molecule has 0 spiro atoms. The summed E-state index contributed by atoms with van der Waals surface area (Å²) in [7, 11) is -3.44. The van der Waals surface area contributed by atoms with E-state index in [2.05, 4.69) is 4.98 Å². The van der Waals surface area contributed by atoms with Gasteiger partial charge < -0.3 is 0 Å². The normalized spacial score (nSPS) is 12.1. The van der Waals surface area contributed by atoms with Crippen LogP contribution >= 0.6 is 11.3 Å². The molecule has 1 amide bonds. The van der Waals surface area contributed by atoms with Gasteiger partial charge in [0.15, 0.2) is 15.0 Å². The summed E-state index contributed by atoms with van der Waals surface area (Å²) in [6.07, 6.45) is -3.49. The molecule has 0 aliphatic rings. The lowest BCUT2D eigenvalue weighted by atomic mass is 10.1. The Balaban J connectivity index is 1.79. The maximum absolute atomic E-state index is 13.4. The molecule has 0 saturated carbocycles. The minimum atomic E-state index is -4.58. The number of halogens is 3. The summed E-state index contributed by atoms with van der Waals surface area (Å²) in [6.45, 7) is 0.0780. The fourth-order valence-electron chi connectivity index (χ4n) is 3.22. The number of amides is 1. The number of carbonyl (C=O) groups is 1. The molecular formula is C23H17F3N2O3S2. The Hall–Kier alpha value is -3.24. The summed E-state index contributed by atoms with van der Waals surface area (Å²) in [5.74, 6) is -0.646. The van der Waals surface area contributed by atoms with Crippen molar-refractivity contribution in [2.45, 2.75) is 17.6 Å². The molecule has 0 fully saturated rings. The Morgan fingerprint density at radius 1 is 1.00 bits per heavy atom. The summed E-state index contributed by atoms with van der Waals surface area (Å²) in [6, 6.07) is 17.7. The van der Waals surface area contributed by atoms with E-state index in [1.165, 1.54) is 29.2 Å². The van der Waals surface area contributed by atoms with Crippen molar-refractivity contribution in [3.05, 3.63) is 89.5 Å². The summed E-state index contributed by atoms with van der Waals surface area (Å²) in [4.78, 5) is 19.2. The Labute approximate surface area is 192 Å². The van der Waals surface area contributed by atoms with E-state index in [-0.39, 0.29) is 22.1 Å². The molecule has 4 aromatic rings. The predicted molar refractivity (Wildman–Crippen MR) is 121 cm³/mol. The van der Waals surface area contributed by atoms with Gasteiger partial charge in [-0.2, -0.15) is 13.2 Å². The average molecular weight is 491 g/mol. The van der Waals surface area contributed by atoms with Crippen molar-refractivity contribution in [2.75, 3.05) is 11.2 Å². The van der Waals surface area contributed by atoms with Crippen LogP contribution in [0.1, 0.15) is 21.5 Å². The number of nitrogens with zero attached hydrogens (tertiary/aromatic N) is 2. The minimum Gasteiger partial charge on any atom is -0.279 e. The lowest BCUT2D eigenvalue weighted by Gasteiger charge is -2.20.